The second-order valence-electron chi connectivity index (χ2n) is 6.00. The summed E-state index contributed by atoms with van der Waals surface area (Å²) in [5, 5.41) is 5.33. The fraction of sp³-hybridized carbons (Fsp3) is 0.0455. The molecule has 0 aliphatic carbocycles. The van der Waals surface area contributed by atoms with Crippen LogP contribution in [-0.4, -0.2) is 24.4 Å². The maximum absolute atomic E-state index is 12.4. The van der Waals surface area contributed by atoms with E-state index in [2.05, 4.69) is 26.6 Å². The van der Waals surface area contributed by atoms with Crippen LogP contribution in [0.4, 0.5) is 11.4 Å². The number of amides is 2. The zero-order chi connectivity index (χ0) is 20.6. The van der Waals surface area contributed by atoms with Crippen molar-refractivity contribution < 1.29 is 19.1 Å². The molecular formula is C22H17BrN2O4. The van der Waals surface area contributed by atoms with Gasteiger partial charge in [-0.1, -0.05) is 46.3 Å². The van der Waals surface area contributed by atoms with E-state index in [1.807, 2.05) is 0 Å². The van der Waals surface area contributed by atoms with E-state index in [4.69, 9.17) is 4.74 Å². The van der Waals surface area contributed by atoms with Crippen molar-refractivity contribution in [3.63, 3.8) is 0 Å². The molecule has 0 spiro atoms. The van der Waals surface area contributed by atoms with Crippen LogP contribution in [0.25, 0.3) is 0 Å². The molecule has 0 aliphatic rings. The Balaban J connectivity index is 1.61. The Morgan fingerprint density at radius 3 is 2.17 bits per heavy atom. The van der Waals surface area contributed by atoms with Crippen molar-refractivity contribution in [2.75, 3.05) is 17.2 Å². The number of anilines is 2. The third-order valence-electron chi connectivity index (χ3n) is 3.89. The molecule has 146 valence electrons. The smallest absolute Gasteiger partial charge is 0.340 e. The lowest BCUT2D eigenvalue weighted by Crippen LogP contribution is -2.22. The normalized spacial score (nSPS) is 10.1. The van der Waals surface area contributed by atoms with Gasteiger partial charge in [0, 0.05) is 15.7 Å². The molecule has 0 aliphatic heterocycles. The number of rotatable bonds is 6. The second-order valence-corrected chi connectivity index (χ2v) is 6.91. The van der Waals surface area contributed by atoms with Crippen LogP contribution in [0.5, 0.6) is 0 Å². The van der Waals surface area contributed by atoms with Crippen molar-refractivity contribution >= 4 is 45.1 Å². The van der Waals surface area contributed by atoms with Crippen molar-refractivity contribution in [2.45, 2.75) is 0 Å². The maximum atomic E-state index is 12.4. The predicted molar refractivity (Wildman–Crippen MR) is 114 cm³/mol. The Morgan fingerprint density at radius 2 is 1.45 bits per heavy atom. The lowest BCUT2D eigenvalue weighted by molar-refractivity contribution is -0.119. The number of para-hydroxylation sites is 1. The molecule has 3 aromatic rings. The van der Waals surface area contributed by atoms with E-state index in [9.17, 15) is 14.4 Å². The predicted octanol–water partition coefficient (Wildman–Crippen LogP) is 4.50. The summed E-state index contributed by atoms with van der Waals surface area (Å²) in [6, 6.07) is 22.1. The van der Waals surface area contributed by atoms with Gasteiger partial charge in [0.15, 0.2) is 6.61 Å². The highest BCUT2D eigenvalue weighted by molar-refractivity contribution is 9.10. The summed E-state index contributed by atoms with van der Waals surface area (Å²) >= 11 is 3.31. The monoisotopic (exact) mass is 452 g/mol. The van der Waals surface area contributed by atoms with Gasteiger partial charge >= 0.3 is 5.97 Å². The average Bonchev–Trinajstić information content (AvgIpc) is 2.74. The van der Waals surface area contributed by atoms with Crippen LogP contribution in [0, 0.1) is 0 Å². The number of carbonyl (C=O) groups excluding carboxylic acids is 3. The Morgan fingerprint density at radius 1 is 0.793 bits per heavy atom. The maximum Gasteiger partial charge on any atom is 0.340 e. The van der Waals surface area contributed by atoms with Gasteiger partial charge < -0.3 is 15.4 Å². The van der Waals surface area contributed by atoms with Gasteiger partial charge in [0.1, 0.15) is 0 Å². The van der Waals surface area contributed by atoms with Crippen LogP contribution < -0.4 is 10.6 Å². The molecule has 2 N–H and O–H groups in total. The molecule has 0 aromatic heterocycles. The second kappa shape index (κ2) is 9.66. The number of hydrogen-bond donors (Lipinski definition) is 2. The zero-order valence-electron chi connectivity index (χ0n) is 15.2. The topological polar surface area (TPSA) is 84.5 Å². The molecule has 6 nitrogen and oxygen atoms in total. The molecular weight excluding hydrogens is 436 g/mol. The van der Waals surface area contributed by atoms with Gasteiger partial charge in [-0.15, -0.1) is 0 Å². The van der Waals surface area contributed by atoms with Gasteiger partial charge in [0.05, 0.1) is 11.3 Å². The van der Waals surface area contributed by atoms with Crippen LogP contribution in [0.1, 0.15) is 20.7 Å². The van der Waals surface area contributed by atoms with Crippen LogP contribution in [0.3, 0.4) is 0 Å². The molecule has 3 aromatic carbocycles. The number of benzene rings is 3. The van der Waals surface area contributed by atoms with E-state index in [1.165, 1.54) is 6.07 Å². The highest BCUT2D eigenvalue weighted by Gasteiger charge is 2.16. The zero-order valence-corrected chi connectivity index (χ0v) is 16.8. The largest absolute Gasteiger partial charge is 0.452 e. The number of carbonyl (C=O) groups is 3. The minimum atomic E-state index is -0.708. The lowest BCUT2D eigenvalue weighted by atomic mass is 10.1. The summed E-state index contributed by atoms with van der Waals surface area (Å²) in [4.78, 5) is 36.8. The third kappa shape index (κ3) is 5.76. The summed E-state index contributed by atoms with van der Waals surface area (Å²) in [5.41, 5.74) is 1.52. The van der Waals surface area contributed by atoms with Crippen LogP contribution in [0.15, 0.2) is 83.3 Å². The molecule has 3 rings (SSSR count). The summed E-state index contributed by atoms with van der Waals surface area (Å²) in [6.07, 6.45) is 0. The van der Waals surface area contributed by atoms with Crippen molar-refractivity contribution in [1.29, 1.82) is 0 Å². The van der Waals surface area contributed by atoms with E-state index in [-0.39, 0.29) is 11.5 Å². The Bertz CT molecular complexity index is 1020. The molecule has 0 heterocycles. The van der Waals surface area contributed by atoms with E-state index in [0.29, 0.717) is 16.9 Å². The fourth-order valence-corrected chi connectivity index (χ4v) is 2.76. The molecule has 29 heavy (non-hydrogen) atoms. The van der Waals surface area contributed by atoms with Crippen molar-refractivity contribution in [3.8, 4) is 0 Å². The first kappa shape index (κ1) is 20.3. The quantitative estimate of drug-likeness (QED) is 0.539. The number of halogens is 1. The summed E-state index contributed by atoms with van der Waals surface area (Å²) in [6.45, 7) is -0.449. The SMILES string of the molecule is O=C(COC(=O)c1ccccc1NC(=O)c1ccccc1)Nc1ccc(Br)cc1. The highest BCUT2D eigenvalue weighted by atomic mass is 79.9. The Hall–Kier alpha value is -3.45. The molecule has 0 bridgehead atoms. The molecule has 0 radical (unpaired) electrons. The van der Waals surface area contributed by atoms with Gasteiger partial charge in [0.25, 0.3) is 11.8 Å². The molecule has 0 saturated heterocycles. The van der Waals surface area contributed by atoms with E-state index < -0.39 is 18.5 Å². The van der Waals surface area contributed by atoms with E-state index in [0.717, 1.165) is 4.47 Å². The number of hydrogen-bond acceptors (Lipinski definition) is 4. The molecule has 0 unspecified atom stereocenters. The van der Waals surface area contributed by atoms with Crippen LogP contribution in [-0.2, 0) is 9.53 Å². The number of ether oxygens (including phenoxy) is 1. The highest BCUT2D eigenvalue weighted by Crippen LogP contribution is 2.18. The minimum absolute atomic E-state index is 0.160. The van der Waals surface area contributed by atoms with Gasteiger partial charge in [-0.25, -0.2) is 4.79 Å². The summed E-state index contributed by atoms with van der Waals surface area (Å²) in [7, 11) is 0. The lowest BCUT2D eigenvalue weighted by Gasteiger charge is -2.11. The Kier molecular flexibility index (Phi) is 6.76. The van der Waals surface area contributed by atoms with Crippen molar-refractivity contribution in [2.24, 2.45) is 0 Å². The summed E-state index contributed by atoms with van der Waals surface area (Å²) in [5.74, 6) is -1.52. The minimum Gasteiger partial charge on any atom is -0.452 e. The fourth-order valence-electron chi connectivity index (χ4n) is 2.49. The first-order valence-electron chi connectivity index (χ1n) is 8.71. The molecule has 0 saturated carbocycles. The number of esters is 1. The van der Waals surface area contributed by atoms with E-state index >= 15 is 0 Å². The van der Waals surface area contributed by atoms with E-state index in [1.54, 1.807) is 72.8 Å². The van der Waals surface area contributed by atoms with Gasteiger partial charge in [-0.3, -0.25) is 9.59 Å². The van der Waals surface area contributed by atoms with Crippen molar-refractivity contribution in [1.82, 2.24) is 0 Å². The molecule has 7 heteroatoms. The summed E-state index contributed by atoms with van der Waals surface area (Å²) < 4.78 is 5.99. The Labute approximate surface area is 176 Å². The molecule has 0 atom stereocenters. The third-order valence-corrected chi connectivity index (χ3v) is 4.42. The van der Waals surface area contributed by atoms with Gasteiger partial charge in [0.2, 0.25) is 0 Å². The standard InChI is InChI=1S/C22H17BrN2O4/c23-16-10-12-17(13-11-16)24-20(26)14-29-22(28)18-8-4-5-9-19(18)25-21(27)15-6-2-1-3-7-15/h1-13H,14H2,(H,24,26)(H,25,27). The first-order chi connectivity index (χ1) is 14.0. The number of nitrogens with one attached hydrogen (secondary N) is 2. The first-order valence-corrected chi connectivity index (χ1v) is 9.50. The van der Waals surface area contributed by atoms with Gasteiger partial charge in [-0.2, -0.15) is 0 Å². The van der Waals surface area contributed by atoms with Crippen molar-refractivity contribution in [3.05, 3.63) is 94.5 Å². The van der Waals surface area contributed by atoms with Crippen LogP contribution >= 0.6 is 15.9 Å². The van der Waals surface area contributed by atoms with Crippen LogP contribution in [0.2, 0.25) is 0 Å². The molecule has 0 fully saturated rings. The van der Waals surface area contributed by atoms with Gasteiger partial charge in [-0.05, 0) is 48.5 Å². The molecule has 2 amide bonds. The average molecular weight is 453 g/mol.